The number of rotatable bonds is 23. The highest BCUT2D eigenvalue weighted by Crippen LogP contribution is 2.45. The van der Waals surface area contributed by atoms with Crippen molar-refractivity contribution in [2.45, 2.75) is 115 Å². The molecule has 0 aromatic heterocycles. The van der Waals surface area contributed by atoms with Gasteiger partial charge in [-0.2, -0.15) is 8.42 Å². The Bertz CT molecular complexity index is 1230. The van der Waals surface area contributed by atoms with Crippen LogP contribution in [-0.4, -0.2) is 69.1 Å². The molecule has 1 saturated carbocycles. The number of carboxylic acid groups (broad SMARTS) is 1. The van der Waals surface area contributed by atoms with E-state index in [0.29, 0.717) is 38.8 Å². The molecule has 0 radical (unpaired) electrons. The Morgan fingerprint density at radius 3 is 2.21 bits per heavy atom. The molecule has 268 valence electrons. The van der Waals surface area contributed by atoms with E-state index in [-0.39, 0.29) is 35.0 Å². The lowest BCUT2D eigenvalue weighted by atomic mass is 9.73. The third-order valence-electron chi connectivity index (χ3n) is 10.3. The summed E-state index contributed by atoms with van der Waals surface area (Å²) in [5.74, 6) is -4.21. The Morgan fingerprint density at radius 2 is 1.64 bits per heavy atom. The number of primary amides is 1. The second-order valence-corrected chi connectivity index (χ2v) is 15.9. The molecule has 0 heterocycles. The number of carbonyl (C=O) groups excluding carboxylic acids is 3. The van der Waals surface area contributed by atoms with Gasteiger partial charge in [0.25, 0.3) is 10.1 Å². The zero-order valence-corrected chi connectivity index (χ0v) is 30.1. The molecule has 6 atom stereocenters. The Kier molecular flexibility index (Phi) is 16.9. The summed E-state index contributed by atoms with van der Waals surface area (Å²) >= 11 is 0. The highest BCUT2D eigenvalue weighted by atomic mass is 32.2. The van der Waals surface area contributed by atoms with Gasteiger partial charge in [0, 0.05) is 17.8 Å². The lowest BCUT2D eigenvalue weighted by Gasteiger charge is -2.34. The second-order valence-electron chi connectivity index (χ2n) is 14.5. The van der Waals surface area contributed by atoms with Crippen LogP contribution in [0.15, 0.2) is 29.2 Å². The predicted octanol–water partition coefficient (Wildman–Crippen LogP) is 5.10. The molecule has 0 spiro atoms. The SMILES string of the molecule is CCCCCCCC[N+](C)(C)CCOC(=O)C(C)CC(CC1CCCC1C(CC(CC)C(N)=O)C(=O)[O-])c1ccc(S(=O)(=O)O)cc1. The fraction of sp³-hybridized carbons (Fsp3) is 0.750. The number of benzene rings is 1. The average molecular weight is 681 g/mol. The van der Waals surface area contributed by atoms with E-state index in [1.54, 1.807) is 12.1 Å². The van der Waals surface area contributed by atoms with E-state index >= 15 is 0 Å². The normalized spacial score (nSPS) is 19.5. The fourth-order valence-electron chi connectivity index (χ4n) is 7.26. The zero-order chi connectivity index (χ0) is 35.2. The molecule has 0 bridgehead atoms. The number of hydrogen-bond acceptors (Lipinski definition) is 7. The van der Waals surface area contributed by atoms with Crippen molar-refractivity contribution >= 4 is 28.0 Å². The first-order valence-corrected chi connectivity index (χ1v) is 19.1. The summed E-state index contributed by atoms with van der Waals surface area (Å²) in [7, 11) is -0.0696. The second kappa shape index (κ2) is 19.5. The van der Waals surface area contributed by atoms with E-state index in [0.717, 1.165) is 35.9 Å². The molecular formula is C36H60N2O8S. The van der Waals surface area contributed by atoms with Crippen LogP contribution in [0, 0.1) is 29.6 Å². The summed E-state index contributed by atoms with van der Waals surface area (Å²) < 4.78 is 39.4. The lowest BCUT2D eigenvalue weighted by molar-refractivity contribution is -0.890. The number of amides is 1. The minimum atomic E-state index is -4.37. The van der Waals surface area contributed by atoms with Gasteiger partial charge in [-0.15, -0.1) is 0 Å². The number of carbonyl (C=O) groups is 3. The molecule has 6 unspecified atom stereocenters. The Balaban J connectivity index is 2.14. The van der Waals surface area contributed by atoms with Gasteiger partial charge in [-0.05, 0) is 80.4 Å². The summed E-state index contributed by atoms with van der Waals surface area (Å²) in [4.78, 5) is 37.3. The predicted molar refractivity (Wildman–Crippen MR) is 180 cm³/mol. The van der Waals surface area contributed by atoms with Gasteiger partial charge in [-0.1, -0.05) is 71.4 Å². The van der Waals surface area contributed by atoms with Crippen LogP contribution in [0.2, 0.25) is 0 Å². The summed E-state index contributed by atoms with van der Waals surface area (Å²) in [6.45, 7) is 7.91. The third kappa shape index (κ3) is 13.9. The topological polar surface area (TPSA) is 164 Å². The molecule has 11 heteroatoms. The van der Waals surface area contributed by atoms with Crippen molar-refractivity contribution in [3.05, 3.63) is 29.8 Å². The lowest BCUT2D eigenvalue weighted by Crippen LogP contribution is -2.43. The number of quaternary nitrogens is 1. The van der Waals surface area contributed by atoms with Gasteiger partial charge in [0.1, 0.15) is 13.2 Å². The van der Waals surface area contributed by atoms with Crippen LogP contribution >= 0.6 is 0 Å². The molecule has 1 fully saturated rings. The van der Waals surface area contributed by atoms with Crippen LogP contribution in [0.1, 0.15) is 116 Å². The maximum atomic E-state index is 13.2. The number of likely N-dealkylation sites (N-methyl/N-ethyl adjacent to an activating group) is 1. The molecule has 1 aliphatic rings. The number of unbranched alkanes of at least 4 members (excludes halogenated alkanes) is 5. The number of hydrogen-bond donors (Lipinski definition) is 2. The van der Waals surface area contributed by atoms with Gasteiger partial charge in [0.05, 0.1) is 31.5 Å². The first kappa shape index (κ1) is 40.7. The number of carboxylic acids is 1. The van der Waals surface area contributed by atoms with Crippen LogP contribution in [0.5, 0.6) is 0 Å². The highest BCUT2D eigenvalue weighted by molar-refractivity contribution is 7.85. The molecule has 47 heavy (non-hydrogen) atoms. The molecule has 0 saturated heterocycles. The van der Waals surface area contributed by atoms with Crippen LogP contribution in [0.25, 0.3) is 0 Å². The van der Waals surface area contributed by atoms with Gasteiger partial charge >= 0.3 is 5.97 Å². The third-order valence-corrected chi connectivity index (χ3v) is 11.2. The zero-order valence-electron chi connectivity index (χ0n) is 29.3. The smallest absolute Gasteiger partial charge is 0.308 e. The maximum Gasteiger partial charge on any atom is 0.308 e. The number of nitrogens with two attached hydrogens (primary N) is 1. The van der Waals surface area contributed by atoms with Crippen molar-refractivity contribution in [1.29, 1.82) is 0 Å². The van der Waals surface area contributed by atoms with Crippen LogP contribution in [0.4, 0.5) is 0 Å². The van der Waals surface area contributed by atoms with Crippen molar-refractivity contribution in [2.75, 3.05) is 33.8 Å². The number of aliphatic carboxylic acids is 1. The first-order chi connectivity index (χ1) is 22.1. The van der Waals surface area contributed by atoms with Gasteiger partial charge in [0.2, 0.25) is 5.91 Å². The minimum absolute atomic E-state index is 0.00201. The summed E-state index contributed by atoms with van der Waals surface area (Å²) in [6, 6.07) is 5.99. The largest absolute Gasteiger partial charge is 0.550 e. The van der Waals surface area contributed by atoms with Crippen molar-refractivity contribution in [1.82, 2.24) is 0 Å². The fourth-order valence-corrected chi connectivity index (χ4v) is 7.74. The average Bonchev–Trinajstić information content (AvgIpc) is 3.45. The molecule has 2 rings (SSSR count). The van der Waals surface area contributed by atoms with E-state index in [2.05, 4.69) is 21.0 Å². The molecular weight excluding hydrogens is 620 g/mol. The van der Waals surface area contributed by atoms with Gasteiger partial charge in [0.15, 0.2) is 0 Å². The quantitative estimate of drug-likeness (QED) is 0.0698. The molecule has 0 aliphatic heterocycles. The molecule has 1 amide bonds. The van der Waals surface area contributed by atoms with Gasteiger partial charge in [-0.3, -0.25) is 14.1 Å². The summed E-state index contributed by atoms with van der Waals surface area (Å²) in [5, 5.41) is 12.3. The van der Waals surface area contributed by atoms with Gasteiger partial charge < -0.3 is 24.9 Å². The van der Waals surface area contributed by atoms with Crippen LogP contribution in [-0.2, 0) is 29.2 Å². The monoisotopic (exact) mass is 680 g/mol. The molecule has 1 aliphatic carbocycles. The maximum absolute atomic E-state index is 13.2. The Hall–Kier alpha value is -2.50. The molecule has 3 N–H and O–H groups in total. The number of ether oxygens (including phenoxy) is 1. The number of nitrogens with zero attached hydrogens (tertiary/aromatic N) is 1. The summed E-state index contributed by atoms with van der Waals surface area (Å²) in [5.41, 5.74) is 6.35. The van der Waals surface area contributed by atoms with E-state index in [1.807, 2.05) is 13.8 Å². The van der Waals surface area contributed by atoms with Crippen molar-refractivity contribution < 1.29 is 41.7 Å². The van der Waals surface area contributed by atoms with E-state index in [1.165, 1.54) is 44.2 Å². The van der Waals surface area contributed by atoms with Crippen LogP contribution < -0.4 is 10.8 Å². The molecule has 1 aromatic carbocycles. The first-order valence-electron chi connectivity index (χ1n) is 17.7. The van der Waals surface area contributed by atoms with E-state index in [4.69, 9.17) is 10.5 Å². The Labute approximate surface area is 283 Å². The van der Waals surface area contributed by atoms with Crippen molar-refractivity contribution in [3.8, 4) is 0 Å². The van der Waals surface area contributed by atoms with Gasteiger partial charge in [-0.25, -0.2) is 0 Å². The van der Waals surface area contributed by atoms with Crippen molar-refractivity contribution in [2.24, 2.45) is 35.3 Å². The molecule has 10 nitrogen and oxygen atoms in total. The van der Waals surface area contributed by atoms with Crippen LogP contribution in [0.3, 0.4) is 0 Å². The Morgan fingerprint density at radius 1 is 1.00 bits per heavy atom. The minimum Gasteiger partial charge on any atom is -0.550 e. The van der Waals surface area contributed by atoms with Crippen molar-refractivity contribution in [3.63, 3.8) is 0 Å². The van der Waals surface area contributed by atoms with E-state index < -0.39 is 39.7 Å². The molecule has 1 aromatic rings. The highest BCUT2D eigenvalue weighted by Gasteiger charge is 2.38. The number of esters is 1. The summed E-state index contributed by atoms with van der Waals surface area (Å²) in [6.07, 6.45) is 11.3. The van der Waals surface area contributed by atoms with E-state index in [9.17, 15) is 32.5 Å². The standard InChI is InChI=1S/C36H60N2O8S/c1-6-8-9-10-11-12-20-38(4,5)21-22-46-36(42)26(3)23-30(28-16-18-31(19-17-28)47(43,44)45)24-29-14-13-15-32(29)33(35(40)41)25-27(7-2)34(37)39/h16-19,26-27,29-30,32-33H,6-15,20-25H2,1-5H3,(H3-,37,39,40,41,43,44,45).